The zero-order chi connectivity index (χ0) is 15.0. The van der Waals surface area contributed by atoms with Crippen LogP contribution in [0.5, 0.6) is 0 Å². The molecule has 0 saturated carbocycles. The highest BCUT2D eigenvalue weighted by molar-refractivity contribution is 6.93. The minimum atomic E-state index is -1.52. The third-order valence-electron chi connectivity index (χ3n) is 3.38. The topological polar surface area (TPSA) is 9.23 Å². The molecular weight excluding hydrogens is 260 g/mol. The number of hydrogen-bond donors (Lipinski definition) is 0. The maximum Gasteiger partial charge on any atom is 0.103 e. The van der Waals surface area contributed by atoms with E-state index in [1.165, 1.54) is 5.19 Å². The van der Waals surface area contributed by atoms with E-state index in [1.807, 2.05) is 6.08 Å². The molecule has 1 atom stereocenters. The van der Waals surface area contributed by atoms with Crippen molar-refractivity contribution in [3.05, 3.63) is 54.8 Å². The van der Waals surface area contributed by atoms with Gasteiger partial charge in [0.2, 0.25) is 0 Å². The van der Waals surface area contributed by atoms with Crippen LogP contribution in [-0.2, 0) is 4.74 Å². The smallest absolute Gasteiger partial charge is 0.103 e. The van der Waals surface area contributed by atoms with E-state index >= 15 is 0 Å². The largest absolute Gasteiger partial charge is 0.370 e. The summed E-state index contributed by atoms with van der Waals surface area (Å²) in [5, 5.41) is 1.46. The van der Waals surface area contributed by atoms with E-state index in [9.17, 15) is 0 Å². The molecule has 0 bridgehead atoms. The lowest BCUT2D eigenvalue weighted by Gasteiger charge is -2.21. The van der Waals surface area contributed by atoms with Gasteiger partial charge in [-0.25, -0.2) is 0 Å². The molecule has 1 rings (SSSR count). The first-order valence-corrected chi connectivity index (χ1v) is 10.5. The Hall–Kier alpha value is -1.12. The predicted molar refractivity (Wildman–Crippen MR) is 92.1 cm³/mol. The van der Waals surface area contributed by atoms with Crippen molar-refractivity contribution in [3.63, 3.8) is 0 Å². The van der Waals surface area contributed by atoms with Crippen LogP contribution in [0.2, 0.25) is 13.1 Å². The molecule has 0 aliphatic rings. The van der Waals surface area contributed by atoms with Gasteiger partial charge in [-0.2, -0.15) is 0 Å². The minimum Gasteiger partial charge on any atom is -0.370 e. The van der Waals surface area contributed by atoms with E-state index in [2.05, 4.69) is 75.6 Å². The first-order valence-electron chi connectivity index (χ1n) is 7.43. The molecule has 1 unspecified atom stereocenters. The standard InChI is InChI=1S/C18H28OSi/c1-6-13-19-17(15-16(2)3)12-14-20(4,5)18-10-8-7-9-11-18/h6-12,14,16-17H,1,13,15H2,2-5H3/b14-12+. The monoisotopic (exact) mass is 288 g/mol. The van der Waals surface area contributed by atoms with Crippen LogP contribution in [0.15, 0.2) is 54.8 Å². The highest BCUT2D eigenvalue weighted by Crippen LogP contribution is 2.13. The Balaban J connectivity index is 2.77. The molecule has 0 N–H and O–H groups in total. The minimum absolute atomic E-state index is 0.198. The molecule has 2 heteroatoms. The summed E-state index contributed by atoms with van der Waals surface area (Å²) in [6.07, 6.45) is 5.34. The van der Waals surface area contributed by atoms with Gasteiger partial charge in [0.05, 0.1) is 12.7 Å². The molecule has 20 heavy (non-hydrogen) atoms. The third-order valence-corrected chi connectivity index (χ3v) is 6.22. The van der Waals surface area contributed by atoms with Gasteiger partial charge in [-0.05, 0) is 12.3 Å². The zero-order valence-electron chi connectivity index (χ0n) is 13.3. The predicted octanol–water partition coefficient (Wildman–Crippen LogP) is 4.31. The van der Waals surface area contributed by atoms with Gasteiger partial charge >= 0.3 is 0 Å². The average molecular weight is 289 g/mol. The summed E-state index contributed by atoms with van der Waals surface area (Å²) in [7, 11) is -1.52. The molecule has 110 valence electrons. The normalized spacial score (nSPS) is 13.8. The van der Waals surface area contributed by atoms with E-state index in [0.717, 1.165) is 6.42 Å². The van der Waals surface area contributed by atoms with Crippen LogP contribution in [-0.4, -0.2) is 20.8 Å². The van der Waals surface area contributed by atoms with Crippen molar-refractivity contribution in [1.29, 1.82) is 0 Å². The lowest BCUT2D eigenvalue weighted by atomic mass is 10.1. The first-order chi connectivity index (χ1) is 9.45. The second-order valence-electron chi connectivity index (χ2n) is 6.24. The molecule has 0 aliphatic carbocycles. The summed E-state index contributed by atoms with van der Waals surface area (Å²) in [6.45, 7) is 13.6. The summed E-state index contributed by atoms with van der Waals surface area (Å²) >= 11 is 0. The Morgan fingerprint density at radius 1 is 1.20 bits per heavy atom. The van der Waals surface area contributed by atoms with Gasteiger partial charge in [-0.1, -0.05) is 80.3 Å². The van der Waals surface area contributed by atoms with Crippen LogP contribution < -0.4 is 5.19 Å². The number of benzene rings is 1. The van der Waals surface area contributed by atoms with Crippen molar-refractivity contribution >= 4 is 13.3 Å². The molecule has 1 aromatic rings. The van der Waals surface area contributed by atoms with Crippen LogP contribution in [0.4, 0.5) is 0 Å². The molecule has 0 radical (unpaired) electrons. The van der Waals surface area contributed by atoms with Crippen molar-refractivity contribution in [2.24, 2.45) is 5.92 Å². The number of ether oxygens (including phenoxy) is 1. The number of rotatable bonds is 8. The molecule has 1 nitrogen and oxygen atoms in total. The van der Waals surface area contributed by atoms with Gasteiger partial charge in [0, 0.05) is 0 Å². The van der Waals surface area contributed by atoms with E-state index in [4.69, 9.17) is 4.74 Å². The Morgan fingerprint density at radius 2 is 1.85 bits per heavy atom. The Morgan fingerprint density at radius 3 is 2.40 bits per heavy atom. The van der Waals surface area contributed by atoms with Crippen molar-refractivity contribution in [2.75, 3.05) is 6.61 Å². The van der Waals surface area contributed by atoms with Crippen LogP contribution in [0.3, 0.4) is 0 Å². The van der Waals surface area contributed by atoms with Gasteiger partial charge in [0.1, 0.15) is 8.07 Å². The zero-order valence-corrected chi connectivity index (χ0v) is 14.3. The van der Waals surface area contributed by atoms with Crippen molar-refractivity contribution < 1.29 is 4.74 Å². The van der Waals surface area contributed by atoms with E-state index in [1.54, 1.807) is 0 Å². The van der Waals surface area contributed by atoms with Crippen LogP contribution in [0, 0.1) is 5.92 Å². The van der Waals surface area contributed by atoms with Gasteiger partial charge in [0.25, 0.3) is 0 Å². The van der Waals surface area contributed by atoms with E-state index in [0.29, 0.717) is 12.5 Å². The summed E-state index contributed by atoms with van der Waals surface area (Å²) in [6, 6.07) is 10.8. The summed E-state index contributed by atoms with van der Waals surface area (Å²) in [5.74, 6) is 0.635. The van der Waals surface area contributed by atoms with Crippen molar-refractivity contribution in [3.8, 4) is 0 Å². The second kappa shape index (κ2) is 8.23. The highest BCUT2D eigenvalue weighted by Gasteiger charge is 2.20. The molecular formula is C18H28OSi. The molecule has 0 amide bonds. The Labute approximate surface area is 125 Å². The quantitative estimate of drug-likeness (QED) is 0.511. The molecule has 0 fully saturated rings. The van der Waals surface area contributed by atoms with Crippen LogP contribution >= 0.6 is 0 Å². The fourth-order valence-corrected chi connectivity index (χ4v) is 4.11. The molecule has 0 aromatic heterocycles. The fraction of sp³-hybridized carbons (Fsp3) is 0.444. The fourth-order valence-electron chi connectivity index (χ4n) is 2.17. The lowest BCUT2D eigenvalue weighted by Crippen LogP contribution is -2.39. The summed E-state index contributed by atoms with van der Waals surface area (Å²) < 4.78 is 5.85. The second-order valence-corrected chi connectivity index (χ2v) is 10.6. The maximum absolute atomic E-state index is 5.85. The van der Waals surface area contributed by atoms with Crippen molar-refractivity contribution in [1.82, 2.24) is 0 Å². The summed E-state index contributed by atoms with van der Waals surface area (Å²) in [4.78, 5) is 0. The van der Waals surface area contributed by atoms with Gasteiger partial charge in [0.15, 0.2) is 0 Å². The Bertz CT molecular complexity index is 420. The molecule has 0 spiro atoms. The van der Waals surface area contributed by atoms with Gasteiger partial charge in [-0.3, -0.25) is 0 Å². The van der Waals surface area contributed by atoms with Gasteiger partial charge in [-0.15, -0.1) is 6.58 Å². The van der Waals surface area contributed by atoms with Crippen molar-refractivity contribution in [2.45, 2.75) is 39.5 Å². The van der Waals surface area contributed by atoms with E-state index < -0.39 is 8.07 Å². The van der Waals surface area contributed by atoms with Crippen LogP contribution in [0.1, 0.15) is 20.3 Å². The number of hydrogen-bond acceptors (Lipinski definition) is 1. The first kappa shape index (κ1) is 16.9. The SMILES string of the molecule is C=CCOC(/C=C/[Si](C)(C)c1ccccc1)CC(C)C. The highest BCUT2D eigenvalue weighted by atomic mass is 28.3. The Kier molecular flexibility index (Phi) is 6.96. The summed E-state index contributed by atoms with van der Waals surface area (Å²) in [5.41, 5.74) is 2.40. The average Bonchev–Trinajstić information content (AvgIpc) is 2.42. The van der Waals surface area contributed by atoms with Gasteiger partial charge < -0.3 is 4.74 Å². The van der Waals surface area contributed by atoms with E-state index in [-0.39, 0.29) is 6.10 Å². The third kappa shape index (κ3) is 5.89. The maximum atomic E-state index is 5.85. The molecule has 0 saturated heterocycles. The molecule has 1 aromatic carbocycles. The lowest BCUT2D eigenvalue weighted by molar-refractivity contribution is 0.0932. The molecule has 0 aliphatic heterocycles. The van der Waals surface area contributed by atoms with Crippen LogP contribution in [0.25, 0.3) is 0 Å². The molecule has 0 heterocycles.